The maximum absolute atomic E-state index is 5.94. The molecule has 1 aliphatic rings. The van der Waals surface area contributed by atoms with Crippen molar-refractivity contribution in [3.8, 4) is 0 Å². The van der Waals surface area contributed by atoms with Gasteiger partial charge in [0.2, 0.25) is 0 Å². The molecule has 2 aromatic rings. The second-order valence-corrected chi connectivity index (χ2v) is 7.26. The van der Waals surface area contributed by atoms with E-state index < -0.39 is 0 Å². The molecular formula is C22H33IN4O2. The van der Waals surface area contributed by atoms with E-state index in [4.69, 9.17) is 9.15 Å². The van der Waals surface area contributed by atoms with Crippen molar-refractivity contribution < 1.29 is 9.15 Å². The Morgan fingerprint density at radius 1 is 1.07 bits per heavy atom. The van der Waals surface area contributed by atoms with Crippen molar-refractivity contribution >= 4 is 29.9 Å². The number of nitrogens with zero attached hydrogens (tertiary/aromatic N) is 2. The van der Waals surface area contributed by atoms with Gasteiger partial charge >= 0.3 is 0 Å². The molecule has 0 amide bonds. The van der Waals surface area contributed by atoms with Crippen LogP contribution < -0.4 is 10.6 Å². The molecule has 2 unspecified atom stereocenters. The van der Waals surface area contributed by atoms with E-state index in [0.29, 0.717) is 5.92 Å². The van der Waals surface area contributed by atoms with Crippen molar-refractivity contribution in [3.05, 3.63) is 59.5 Å². The molecule has 1 fully saturated rings. The van der Waals surface area contributed by atoms with Gasteiger partial charge in [-0.1, -0.05) is 37.3 Å². The highest BCUT2D eigenvalue weighted by Crippen LogP contribution is 2.23. The van der Waals surface area contributed by atoms with E-state index >= 15 is 0 Å². The number of hydrogen-bond donors (Lipinski definition) is 2. The summed E-state index contributed by atoms with van der Waals surface area (Å²) >= 11 is 0. The van der Waals surface area contributed by atoms with Crippen molar-refractivity contribution in [2.45, 2.75) is 25.8 Å². The summed E-state index contributed by atoms with van der Waals surface area (Å²) in [7, 11) is 1.81. The Bertz CT molecular complexity index is 744. The Morgan fingerprint density at radius 3 is 2.38 bits per heavy atom. The molecule has 1 aliphatic heterocycles. The molecule has 0 aliphatic carbocycles. The van der Waals surface area contributed by atoms with E-state index in [0.717, 1.165) is 56.9 Å². The minimum Gasteiger partial charge on any atom is -0.465 e. The van der Waals surface area contributed by atoms with Crippen molar-refractivity contribution in [1.29, 1.82) is 0 Å². The summed E-state index contributed by atoms with van der Waals surface area (Å²) in [5.41, 5.74) is 1.32. The number of morpholine rings is 1. The molecule has 0 bridgehead atoms. The maximum atomic E-state index is 5.94. The highest BCUT2D eigenvalue weighted by molar-refractivity contribution is 14.0. The summed E-state index contributed by atoms with van der Waals surface area (Å²) in [5, 5.41) is 6.93. The van der Waals surface area contributed by atoms with Crippen LogP contribution in [0.5, 0.6) is 0 Å². The number of hydrogen-bond acceptors (Lipinski definition) is 4. The van der Waals surface area contributed by atoms with Gasteiger partial charge in [-0.2, -0.15) is 0 Å². The molecule has 2 N–H and O–H groups in total. The average Bonchev–Trinajstić information content (AvgIpc) is 3.17. The molecule has 1 aromatic heterocycles. The average molecular weight is 512 g/mol. The third-order valence-corrected chi connectivity index (χ3v) is 5.21. The molecule has 6 nitrogen and oxygen atoms in total. The van der Waals surface area contributed by atoms with Crippen molar-refractivity contribution in [2.75, 3.05) is 46.4 Å². The number of ether oxygens (including phenoxy) is 1. The van der Waals surface area contributed by atoms with Gasteiger partial charge in [0.15, 0.2) is 5.96 Å². The number of nitrogens with one attached hydrogen (secondary N) is 2. The second kappa shape index (κ2) is 12.2. The lowest BCUT2D eigenvalue weighted by molar-refractivity contribution is 0.0124. The first-order chi connectivity index (χ1) is 13.7. The van der Waals surface area contributed by atoms with E-state index in [9.17, 15) is 0 Å². The normalized spacial score (nSPS) is 17.3. The van der Waals surface area contributed by atoms with Gasteiger partial charge in [-0.3, -0.25) is 9.89 Å². The van der Waals surface area contributed by atoms with Gasteiger partial charge in [0.25, 0.3) is 0 Å². The zero-order chi connectivity index (χ0) is 19.8. The Balaban J connectivity index is 0.00000300. The van der Waals surface area contributed by atoms with E-state index in [1.54, 1.807) is 0 Å². The van der Waals surface area contributed by atoms with Crippen LogP contribution in [0.15, 0.2) is 51.9 Å². The summed E-state index contributed by atoms with van der Waals surface area (Å²) in [6, 6.07) is 14.8. The summed E-state index contributed by atoms with van der Waals surface area (Å²) in [6.45, 7) is 9.09. The standard InChI is InChI=1S/C22H32N4O2.HI/c1-17(19-7-5-4-6-8-19)15-24-22(23-3)25-16-20(21-10-9-18(2)28-21)26-11-13-27-14-12-26;/h4-10,17,20H,11-16H2,1-3H3,(H2,23,24,25);1H. The maximum Gasteiger partial charge on any atom is 0.191 e. The second-order valence-electron chi connectivity index (χ2n) is 7.26. The van der Waals surface area contributed by atoms with Gasteiger partial charge in [-0.05, 0) is 30.5 Å². The van der Waals surface area contributed by atoms with Crippen LogP contribution in [0.2, 0.25) is 0 Å². The minimum atomic E-state index is 0. The lowest BCUT2D eigenvalue weighted by Gasteiger charge is -2.33. The zero-order valence-corrected chi connectivity index (χ0v) is 19.9. The minimum absolute atomic E-state index is 0. The molecule has 29 heavy (non-hydrogen) atoms. The SMILES string of the molecule is CN=C(NCC(C)c1ccccc1)NCC(c1ccc(C)o1)N1CCOCC1.I. The molecule has 2 heterocycles. The fourth-order valence-electron chi connectivity index (χ4n) is 3.49. The first-order valence-corrected chi connectivity index (χ1v) is 10.0. The fraction of sp³-hybridized carbons (Fsp3) is 0.500. The molecule has 0 spiro atoms. The number of guanidine groups is 1. The zero-order valence-electron chi connectivity index (χ0n) is 17.6. The molecule has 1 aromatic carbocycles. The van der Waals surface area contributed by atoms with Gasteiger partial charge in [-0.15, -0.1) is 24.0 Å². The third-order valence-electron chi connectivity index (χ3n) is 5.21. The van der Waals surface area contributed by atoms with Crippen LogP contribution in [-0.2, 0) is 4.74 Å². The van der Waals surface area contributed by atoms with E-state index in [1.807, 2.05) is 26.1 Å². The quantitative estimate of drug-likeness (QED) is 0.338. The molecule has 0 saturated carbocycles. The molecule has 7 heteroatoms. The van der Waals surface area contributed by atoms with Crippen LogP contribution in [0.25, 0.3) is 0 Å². The van der Waals surface area contributed by atoms with Crippen molar-refractivity contribution in [2.24, 2.45) is 4.99 Å². The predicted molar refractivity (Wildman–Crippen MR) is 128 cm³/mol. The number of furan rings is 1. The topological polar surface area (TPSA) is 62.0 Å². The van der Waals surface area contributed by atoms with Crippen molar-refractivity contribution in [3.63, 3.8) is 0 Å². The fourth-order valence-corrected chi connectivity index (χ4v) is 3.49. The summed E-state index contributed by atoms with van der Waals surface area (Å²) < 4.78 is 11.5. The van der Waals surface area contributed by atoms with Crippen LogP contribution in [-0.4, -0.2) is 57.3 Å². The van der Waals surface area contributed by atoms with Crippen LogP contribution in [0.4, 0.5) is 0 Å². The first-order valence-electron chi connectivity index (χ1n) is 10.0. The molecule has 160 valence electrons. The van der Waals surface area contributed by atoms with Gasteiger partial charge in [-0.25, -0.2) is 0 Å². The van der Waals surface area contributed by atoms with Gasteiger partial charge in [0.05, 0.1) is 19.3 Å². The van der Waals surface area contributed by atoms with Gasteiger partial charge in [0.1, 0.15) is 11.5 Å². The number of benzene rings is 1. The Labute approximate surface area is 191 Å². The van der Waals surface area contributed by atoms with Crippen LogP contribution >= 0.6 is 24.0 Å². The smallest absolute Gasteiger partial charge is 0.191 e. The summed E-state index contributed by atoms with van der Waals surface area (Å²) in [4.78, 5) is 6.80. The number of rotatable bonds is 7. The van der Waals surface area contributed by atoms with Crippen LogP contribution in [0, 0.1) is 6.92 Å². The van der Waals surface area contributed by atoms with Gasteiger partial charge < -0.3 is 19.8 Å². The van der Waals surface area contributed by atoms with E-state index in [-0.39, 0.29) is 30.0 Å². The predicted octanol–water partition coefficient (Wildman–Crippen LogP) is 3.55. The molecule has 3 rings (SSSR count). The number of aliphatic imine (C=N–C) groups is 1. The highest BCUT2D eigenvalue weighted by Gasteiger charge is 2.25. The highest BCUT2D eigenvalue weighted by atomic mass is 127. The monoisotopic (exact) mass is 512 g/mol. The first kappa shape index (κ1) is 23.7. The van der Waals surface area contributed by atoms with Gasteiger partial charge in [0, 0.05) is 33.2 Å². The lowest BCUT2D eigenvalue weighted by atomic mass is 10.0. The lowest BCUT2D eigenvalue weighted by Crippen LogP contribution is -2.46. The van der Waals surface area contributed by atoms with Crippen LogP contribution in [0.1, 0.15) is 36.0 Å². The molecule has 0 radical (unpaired) electrons. The third kappa shape index (κ3) is 7.01. The Kier molecular flexibility index (Phi) is 9.96. The summed E-state index contributed by atoms with van der Waals surface area (Å²) in [6.07, 6.45) is 0. The molecule has 1 saturated heterocycles. The van der Waals surface area contributed by atoms with Crippen molar-refractivity contribution in [1.82, 2.24) is 15.5 Å². The van der Waals surface area contributed by atoms with E-state index in [2.05, 4.69) is 57.8 Å². The Morgan fingerprint density at radius 2 is 1.76 bits per heavy atom. The Hall–Kier alpha value is -1.58. The van der Waals surface area contributed by atoms with E-state index in [1.165, 1.54) is 5.56 Å². The number of halogens is 1. The summed E-state index contributed by atoms with van der Waals surface area (Å²) in [5.74, 6) is 3.14. The van der Waals surface area contributed by atoms with Crippen LogP contribution in [0.3, 0.4) is 0 Å². The largest absolute Gasteiger partial charge is 0.465 e. The molecular weight excluding hydrogens is 479 g/mol. The molecule has 2 atom stereocenters. The number of aryl methyl sites for hydroxylation is 1.